The SMILES string of the molecule is CCc1cccnc1C(=O)N1CC(OC)CC1c1nc(C)no1. The first-order chi connectivity index (χ1) is 11.1. The summed E-state index contributed by atoms with van der Waals surface area (Å²) in [5.74, 6) is 0.882. The molecule has 2 atom stereocenters. The lowest BCUT2D eigenvalue weighted by molar-refractivity contribution is 0.0664. The smallest absolute Gasteiger partial charge is 0.273 e. The second-order valence-corrected chi connectivity index (χ2v) is 5.61. The number of likely N-dealkylation sites (tertiary alicyclic amines) is 1. The molecule has 7 nitrogen and oxygen atoms in total. The van der Waals surface area contributed by atoms with Crippen molar-refractivity contribution in [3.05, 3.63) is 41.3 Å². The van der Waals surface area contributed by atoms with Gasteiger partial charge >= 0.3 is 0 Å². The predicted octanol–water partition coefficient (Wildman–Crippen LogP) is 1.94. The Balaban J connectivity index is 1.93. The van der Waals surface area contributed by atoms with E-state index in [1.807, 2.05) is 19.1 Å². The van der Waals surface area contributed by atoms with Gasteiger partial charge in [0, 0.05) is 26.3 Å². The summed E-state index contributed by atoms with van der Waals surface area (Å²) in [5, 5.41) is 3.83. The van der Waals surface area contributed by atoms with E-state index in [9.17, 15) is 4.79 Å². The topological polar surface area (TPSA) is 81.4 Å². The monoisotopic (exact) mass is 316 g/mol. The number of hydrogen-bond donors (Lipinski definition) is 0. The second-order valence-electron chi connectivity index (χ2n) is 5.61. The fourth-order valence-electron chi connectivity index (χ4n) is 2.93. The highest BCUT2D eigenvalue weighted by Crippen LogP contribution is 2.33. The van der Waals surface area contributed by atoms with Crippen LogP contribution in [0, 0.1) is 6.92 Å². The third kappa shape index (κ3) is 2.96. The van der Waals surface area contributed by atoms with Crippen molar-refractivity contribution in [1.29, 1.82) is 0 Å². The largest absolute Gasteiger partial charge is 0.380 e. The minimum Gasteiger partial charge on any atom is -0.380 e. The summed E-state index contributed by atoms with van der Waals surface area (Å²) in [4.78, 5) is 23.3. The van der Waals surface area contributed by atoms with Crippen LogP contribution >= 0.6 is 0 Å². The molecular weight excluding hydrogens is 296 g/mol. The normalized spacial score (nSPS) is 20.9. The first-order valence-electron chi connectivity index (χ1n) is 7.71. The maximum atomic E-state index is 13.0. The summed E-state index contributed by atoms with van der Waals surface area (Å²) < 4.78 is 10.7. The second kappa shape index (κ2) is 6.45. The number of carbonyl (C=O) groups is 1. The van der Waals surface area contributed by atoms with E-state index >= 15 is 0 Å². The van der Waals surface area contributed by atoms with Gasteiger partial charge in [0.05, 0.1) is 6.10 Å². The third-order valence-electron chi connectivity index (χ3n) is 4.16. The average Bonchev–Trinajstić information content (AvgIpc) is 3.20. The number of methoxy groups -OCH3 is 1. The van der Waals surface area contributed by atoms with Crippen LogP contribution in [0.25, 0.3) is 0 Å². The number of ether oxygens (including phenoxy) is 1. The zero-order valence-corrected chi connectivity index (χ0v) is 13.5. The molecule has 1 fully saturated rings. The molecule has 1 aliphatic heterocycles. The summed E-state index contributed by atoms with van der Waals surface area (Å²) in [7, 11) is 1.65. The van der Waals surface area contributed by atoms with E-state index in [1.54, 1.807) is 25.1 Å². The number of aryl methyl sites for hydroxylation is 2. The molecule has 0 saturated carbocycles. The van der Waals surface area contributed by atoms with E-state index in [-0.39, 0.29) is 18.1 Å². The van der Waals surface area contributed by atoms with Gasteiger partial charge in [-0.1, -0.05) is 18.1 Å². The van der Waals surface area contributed by atoms with Crippen molar-refractivity contribution in [1.82, 2.24) is 20.0 Å². The van der Waals surface area contributed by atoms with Crippen molar-refractivity contribution >= 4 is 5.91 Å². The van der Waals surface area contributed by atoms with Crippen LogP contribution in [0.5, 0.6) is 0 Å². The molecule has 1 amide bonds. The van der Waals surface area contributed by atoms with Gasteiger partial charge in [0.15, 0.2) is 5.82 Å². The molecule has 3 rings (SSSR count). The van der Waals surface area contributed by atoms with Crippen LogP contribution in [-0.4, -0.2) is 45.7 Å². The zero-order chi connectivity index (χ0) is 16.4. The molecule has 7 heteroatoms. The number of nitrogens with zero attached hydrogens (tertiary/aromatic N) is 4. The Bertz CT molecular complexity index is 700. The van der Waals surface area contributed by atoms with Crippen molar-refractivity contribution in [2.24, 2.45) is 0 Å². The van der Waals surface area contributed by atoms with Crippen LogP contribution in [0.4, 0.5) is 0 Å². The van der Waals surface area contributed by atoms with Gasteiger partial charge in [0.1, 0.15) is 11.7 Å². The van der Waals surface area contributed by atoms with Crippen LogP contribution in [-0.2, 0) is 11.2 Å². The first kappa shape index (κ1) is 15.6. The number of amides is 1. The van der Waals surface area contributed by atoms with E-state index in [4.69, 9.17) is 9.26 Å². The van der Waals surface area contributed by atoms with Crippen molar-refractivity contribution in [3.8, 4) is 0 Å². The molecule has 2 aromatic heterocycles. The lowest BCUT2D eigenvalue weighted by Crippen LogP contribution is -2.33. The van der Waals surface area contributed by atoms with Gasteiger partial charge in [-0.15, -0.1) is 0 Å². The average molecular weight is 316 g/mol. The number of rotatable bonds is 4. The molecule has 2 aromatic rings. The van der Waals surface area contributed by atoms with Gasteiger partial charge in [-0.3, -0.25) is 9.78 Å². The summed E-state index contributed by atoms with van der Waals surface area (Å²) in [6.07, 6.45) is 2.98. The number of carbonyl (C=O) groups excluding carboxylic acids is 1. The Kier molecular flexibility index (Phi) is 4.38. The van der Waals surface area contributed by atoms with Crippen LogP contribution in [0.3, 0.4) is 0 Å². The fourth-order valence-corrected chi connectivity index (χ4v) is 2.93. The number of aromatic nitrogens is 3. The number of hydrogen-bond acceptors (Lipinski definition) is 6. The first-order valence-corrected chi connectivity index (χ1v) is 7.71. The Morgan fingerprint density at radius 1 is 1.52 bits per heavy atom. The summed E-state index contributed by atoms with van der Waals surface area (Å²) in [6, 6.07) is 3.49. The maximum absolute atomic E-state index is 13.0. The van der Waals surface area contributed by atoms with E-state index in [0.717, 1.165) is 12.0 Å². The van der Waals surface area contributed by atoms with Crippen molar-refractivity contribution in [2.45, 2.75) is 38.8 Å². The van der Waals surface area contributed by atoms with Gasteiger partial charge in [0.2, 0.25) is 5.89 Å². The molecule has 2 unspecified atom stereocenters. The lowest BCUT2D eigenvalue weighted by atomic mass is 10.1. The molecule has 0 radical (unpaired) electrons. The Labute approximate surface area is 134 Å². The Morgan fingerprint density at radius 3 is 3.00 bits per heavy atom. The Morgan fingerprint density at radius 2 is 2.35 bits per heavy atom. The molecule has 0 spiro atoms. The minimum absolute atomic E-state index is 0.0510. The van der Waals surface area contributed by atoms with E-state index in [1.165, 1.54) is 0 Å². The summed E-state index contributed by atoms with van der Waals surface area (Å²) in [6.45, 7) is 4.26. The third-order valence-corrected chi connectivity index (χ3v) is 4.16. The lowest BCUT2D eigenvalue weighted by Gasteiger charge is -2.22. The molecule has 3 heterocycles. The minimum atomic E-state index is -0.277. The standard InChI is InChI=1S/C16H20N4O3/c1-4-11-6-5-7-17-14(11)16(21)20-9-12(22-3)8-13(20)15-18-10(2)19-23-15/h5-7,12-13H,4,8-9H2,1-3H3. The van der Waals surface area contributed by atoms with Gasteiger partial charge in [0.25, 0.3) is 5.91 Å². The molecule has 0 aromatic carbocycles. The van der Waals surface area contributed by atoms with Crippen molar-refractivity contribution in [3.63, 3.8) is 0 Å². The molecule has 0 N–H and O–H groups in total. The predicted molar refractivity (Wildman–Crippen MR) is 81.8 cm³/mol. The highest BCUT2D eigenvalue weighted by atomic mass is 16.5. The molecule has 1 saturated heterocycles. The van der Waals surface area contributed by atoms with Gasteiger partial charge in [-0.2, -0.15) is 4.98 Å². The molecule has 0 aliphatic carbocycles. The molecule has 1 aliphatic rings. The van der Waals surface area contributed by atoms with E-state index in [2.05, 4.69) is 15.1 Å². The molecular formula is C16H20N4O3. The van der Waals surface area contributed by atoms with E-state index < -0.39 is 0 Å². The molecule has 23 heavy (non-hydrogen) atoms. The summed E-state index contributed by atoms with van der Waals surface area (Å²) in [5.41, 5.74) is 1.41. The van der Waals surface area contributed by atoms with Gasteiger partial charge < -0.3 is 14.2 Å². The fraction of sp³-hybridized carbons (Fsp3) is 0.500. The zero-order valence-electron chi connectivity index (χ0n) is 13.5. The van der Waals surface area contributed by atoms with Crippen molar-refractivity contribution < 1.29 is 14.1 Å². The van der Waals surface area contributed by atoms with Crippen LogP contribution in [0.15, 0.2) is 22.9 Å². The van der Waals surface area contributed by atoms with Gasteiger partial charge in [-0.25, -0.2) is 0 Å². The Hall–Kier alpha value is -2.28. The van der Waals surface area contributed by atoms with E-state index in [0.29, 0.717) is 30.4 Å². The highest BCUT2D eigenvalue weighted by molar-refractivity contribution is 5.94. The van der Waals surface area contributed by atoms with Crippen LogP contribution < -0.4 is 0 Å². The van der Waals surface area contributed by atoms with Crippen LogP contribution in [0.2, 0.25) is 0 Å². The summed E-state index contributed by atoms with van der Waals surface area (Å²) >= 11 is 0. The maximum Gasteiger partial charge on any atom is 0.273 e. The number of pyridine rings is 1. The molecule has 0 bridgehead atoms. The van der Waals surface area contributed by atoms with Crippen molar-refractivity contribution in [2.75, 3.05) is 13.7 Å². The quantitative estimate of drug-likeness (QED) is 0.857. The van der Waals surface area contributed by atoms with Gasteiger partial charge in [-0.05, 0) is 25.0 Å². The molecule has 122 valence electrons. The van der Waals surface area contributed by atoms with Crippen LogP contribution in [0.1, 0.15) is 47.2 Å². The highest BCUT2D eigenvalue weighted by Gasteiger charge is 2.40.